The third-order valence-electron chi connectivity index (χ3n) is 4.19. The second kappa shape index (κ2) is 7.50. The van der Waals surface area contributed by atoms with Gasteiger partial charge in [-0.2, -0.15) is 18.3 Å². The van der Waals surface area contributed by atoms with Gasteiger partial charge in [-0.1, -0.05) is 12.1 Å². The summed E-state index contributed by atoms with van der Waals surface area (Å²) in [6, 6.07) is 9.20. The van der Waals surface area contributed by atoms with Crippen molar-refractivity contribution in [2.45, 2.75) is 20.0 Å². The van der Waals surface area contributed by atoms with Gasteiger partial charge in [0.2, 0.25) is 5.43 Å². The smallest absolute Gasteiger partial charge is 0.320 e. The maximum atomic E-state index is 13.4. The van der Waals surface area contributed by atoms with Gasteiger partial charge in [-0.3, -0.25) is 9.59 Å². The third-order valence-corrected chi connectivity index (χ3v) is 4.19. The maximum Gasteiger partial charge on any atom is 0.416 e. The molecule has 1 heterocycles. The highest BCUT2D eigenvalue weighted by Gasteiger charge is 2.30. The van der Waals surface area contributed by atoms with E-state index < -0.39 is 34.6 Å². The van der Waals surface area contributed by atoms with Crippen molar-refractivity contribution >= 4 is 11.6 Å². The van der Waals surface area contributed by atoms with Crippen LogP contribution >= 0.6 is 0 Å². The fourth-order valence-electron chi connectivity index (χ4n) is 2.69. The topological polar surface area (TPSA) is 64.0 Å². The minimum absolute atomic E-state index is 0.0355. The molecule has 9 heteroatoms. The molecular formula is C20H15F4N3O2. The van der Waals surface area contributed by atoms with Gasteiger partial charge in [-0.15, -0.1) is 0 Å². The van der Waals surface area contributed by atoms with Crippen molar-refractivity contribution in [2.75, 3.05) is 5.32 Å². The van der Waals surface area contributed by atoms with Crippen LogP contribution in [0.2, 0.25) is 0 Å². The fourth-order valence-corrected chi connectivity index (χ4v) is 2.69. The zero-order valence-electron chi connectivity index (χ0n) is 15.3. The van der Waals surface area contributed by atoms with E-state index in [2.05, 4.69) is 10.4 Å². The van der Waals surface area contributed by atoms with Crippen molar-refractivity contribution in [3.8, 4) is 5.69 Å². The SMILES string of the molecule is Cc1ccc(F)cc1NC(=O)c1nn(-c2cccc(C(F)(F)F)c2)c(C)cc1=O. The summed E-state index contributed by atoms with van der Waals surface area (Å²) >= 11 is 0. The summed E-state index contributed by atoms with van der Waals surface area (Å²) in [5.74, 6) is -1.48. The first-order chi connectivity index (χ1) is 13.6. The first-order valence-corrected chi connectivity index (χ1v) is 8.42. The first-order valence-electron chi connectivity index (χ1n) is 8.42. The van der Waals surface area contributed by atoms with Crippen LogP contribution in [0, 0.1) is 19.7 Å². The number of hydrogen-bond donors (Lipinski definition) is 1. The van der Waals surface area contributed by atoms with Crippen LogP contribution in [0.5, 0.6) is 0 Å². The van der Waals surface area contributed by atoms with Gasteiger partial charge in [0, 0.05) is 17.4 Å². The number of aryl methyl sites for hydroxylation is 2. The van der Waals surface area contributed by atoms with Crippen LogP contribution in [0.3, 0.4) is 0 Å². The zero-order valence-corrected chi connectivity index (χ0v) is 15.3. The molecule has 1 amide bonds. The van der Waals surface area contributed by atoms with E-state index in [0.29, 0.717) is 5.56 Å². The number of hydrogen-bond acceptors (Lipinski definition) is 3. The number of nitrogens with one attached hydrogen (secondary N) is 1. The lowest BCUT2D eigenvalue weighted by atomic mass is 10.2. The molecule has 0 spiro atoms. The van der Waals surface area contributed by atoms with Gasteiger partial charge in [0.05, 0.1) is 11.3 Å². The maximum absolute atomic E-state index is 13.4. The summed E-state index contributed by atoms with van der Waals surface area (Å²) in [4.78, 5) is 24.8. The molecule has 0 atom stereocenters. The number of rotatable bonds is 3. The summed E-state index contributed by atoms with van der Waals surface area (Å²) in [7, 11) is 0. The third kappa shape index (κ3) is 4.34. The summed E-state index contributed by atoms with van der Waals surface area (Å²) in [5.41, 5.74) is -1.14. The van der Waals surface area contributed by atoms with Crippen LogP contribution in [0.4, 0.5) is 23.2 Å². The molecular weight excluding hydrogens is 390 g/mol. The highest BCUT2D eigenvalue weighted by atomic mass is 19.4. The number of benzene rings is 2. The molecule has 1 N–H and O–H groups in total. The normalized spacial score (nSPS) is 11.4. The molecule has 0 bridgehead atoms. The largest absolute Gasteiger partial charge is 0.416 e. The number of carbonyl (C=O) groups excluding carboxylic acids is 1. The molecule has 0 saturated carbocycles. The Morgan fingerprint density at radius 2 is 1.79 bits per heavy atom. The molecule has 3 rings (SSSR count). The molecule has 5 nitrogen and oxygen atoms in total. The molecule has 0 aliphatic heterocycles. The number of alkyl halides is 3. The molecule has 29 heavy (non-hydrogen) atoms. The van der Waals surface area contributed by atoms with E-state index in [0.717, 1.165) is 28.9 Å². The van der Waals surface area contributed by atoms with Crippen LogP contribution in [-0.4, -0.2) is 15.7 Å². The predicted octanol–water partition coefficient (Wildman–Crippen LogP) is 4.26. The summed E-state index contributed by atoms with van der Waals surface area (Å²) in [6.07, 6.45) is -4.56. The molecule has 150 valence electrons. The van der Waals surface area contributed by atoms with E-state index in [4.69, 9.17) is 0 Å². The van der Waals surface area contributed by atoms with Crippen molar-refractivity contribution in [2.24, 2.45) is 0 Å². The van der Waals surface area contributed by atoms with E-state index in [1.165, 1.54) is 31.2 Å². The van der Waals surface area contributed by atoms with Gasteiger partial charge in [-0.05, 0) is 49.7 Å². The summed E-state index contributed by atoms with van der Waals surface area (Å²) < 4.78 is 53.5. The van der Waals surface area contributed by atoms with E-state index in [1.807, 2.05) is 0 Å². The predicted molar refractivity (Wildman–Crippen MR) is 98.7 cm³/mol. The van der Waals surface area contributed by atoms with E-state index in [1.54, 1.807) is 6.92 Å². The molecule has 0 fully saturated rings. The Kier molecular flexibility index (Phi) is 5.23. The zero-order chi connectivity index (χ0) is 21.3. The number of nitrogens with zero attached hydrogens (tertiary/aromatic N) is 2. The first kappa shape index (κ1) is 20.2. The van der Waals surface area contributed by atoms with Crippen LogP contribution in [0.1, 0.15) is 27.3 Å². The lowest BCUT2D eigenvalue weighted by molar-refractivity contribution is -0.137. The minimum Gasteiger partial charge on any atom is -0.320 e. The average Bonchev–Trinajstić information content (AvgIpc) is 2.64. The van der Waals surface area contributed by atoms with E-state index in [-0.39, 0.29) is 17.1 Å². The van der Waals surface area contributed by atoms with Gasteiger partial charge < -0.3 is 5.32 Å². The molecule has 0 saturated heterocycles. The minimum atomic E-state index is -4.56. The molecule has 0 aliphatic rings. The second-order valence-corrected chi connectivity index (χ2v) is 6.37. The lowest BCUT2D eigenvalue weighted by Gasteiger charge is -2.14. The monoisotopic (exact) mass is 405 g/mol. The van der Waals surface area contributed by atoms with E-state index in [9.17, 15) is 27.2 Å². The van der Waals surface area contributed by atoms with E-state index >= 15 is 0 Å². The van der Waals surface area contributed by atoms with Gasteiger partial charge in [-0.25, -0.2) is 9.07 Å². The molecule has 0 radical (unpaired) electrons. The lowest BCUT2D eigenvalue weighted by Crippen LogP contribution is -2.27. The highest BCUT2D eigenvalue weighted by molar-refractivity contribution is 6.03. The average molecular weight is 405 g/mol. The Hall–Kier alpha value is -3.49. The quantitative estimate of drug-likeness (QED) is 0.663. The van der Waals surface area contributed by atoms with Gasteiger partial charge in [0.15, 0.2) is 5.69 Å². The number of halogens is 4. The van der Waals surface area contributed by atoms with Crippen molar-refractivity contribution in [3.63, 3.8) is 0 Å². The number of aromatic nitrogens is 2. The Balaban J connectivity index is 2.03. The Labute approximate surface area is 162 Å². The highest BCUT2D eigenvalue weighted by Crippen LogP contribution is 2.30. The van der Waals surface area contributed by atoms with Crippen molar-refractivity contribution < 1.29 is 22.4 Å². The molecule has 2 aromatic carbocycles. The van der Waals surface area contributed by atoms with Crippen molar-refractivity contribution in [1.82, 2.24) is 9.78 Å². The van der Waals surface area contributed by atoms with Gasteiger partial charge in [0.1, 0.15) is 5.82 Å². The molecule has 1 aromatic heterocycles. The van der Waals surface area contributed by atoms with Gasteiger partial charge in [0.25, 0.3) is 5.91 Å². The number of amides is 1. The number of carbonyl (C=O) groups is 1. The van der Waals surface area contributed by atoms with Crippen molar-refractivity contribution in [3.05, 3.63) is 87.1 Å². The second-order valence-electron chi connectivity index (χ2n) is 6.37. The molecule has 3 aromatic rings. The van der Waals surface area contributed by atoms with Crippen LogP contribution in [-0.2, 0) is 6.18 Å². The van der Waals surface area contributed by atoms with Crippen molar-refractivity contribution in [1.29, 1.82) is 0 Å². The fraction of sp³-hybridized carbons (Fsp3) is 0.150. The standard InChI is InChI=1S/C20H15F4N3O2/c1-11-6-7-14(21)10-16(11)25-19(29)18-17(28)8-12(2)27(26-18)15-5-3-4-13(9-15)20(22,23)24/h3-10H,1-2H3,(H,25,29). The molecule has 0 aliphatic carbocycles. The molecule has 0 unspecified atom stereocenters. The van der Waals surface area contributed by atoms with Gasteiger partial charge >= 0.3 is 6.18 Å². The Bertz CT molecular complexity index is 1150. The summed E-state index contributed by atoms with van der Waals surface area (Å²) in [6.45, 7) is 3.12. The Morgan fingerprint density at radius 3 is 2.48 bits per heavy atom. The Morgan fingerprint density at radius 1 is 1.07 bits per heavy atom. The van der Waals surface area contributed by atoms with Crippen LogP contribution < -0.4 is 10.7 Å². The number of anilines is 1. The van der Waals surface area contributed by atoms with Crippen LogP contribution in [0.15, 0.2) is 53.3 Å². The summed E-state index contributed by atoms with van der Waals surface area (Å²) in [5, 5.41) is 6.35. The van der Waals surface area contributed by atoms with Crippen LogP contribution in [0.25, 0.3) is 5.69 Å².